The van der Waals surface area contributed by atoms with Gasteiger partial charge in [0.2, 0.25) is 0 Å². The molecular weight excluding hydrogens is 247 g/mol. The lowest BCUT2D eigenvalue weighted by Crippen LogP contribution is -2.11. The summed E-state index contributed by atoms with van der Waals surface area (Å²) in [5.74, 6) is -1.39. The van der Waals surface area contributed by atoms with Crippen molar-refractivity contribution < 1.29 is 14.3 Å². The molecule has 0 bridgehead atoms. The van der Waals surface area contributed by atoms with Gasteiger partial charge in [-0.1, -0.05) is 6.92 Å². The quantitative estimate of drug-likeness (QED) is 0.889. The molecule has 0 saturated carbocycles. The van der Waals surface area contributed by atoms with Crippen LogP contribution in [0, 0.1) is 12.7 Å². The van der Waals surface area contributed by atoms with E-state index in [1.807, 2.05) is 0 Å². The van der Waals surface area contributed by atoms with Crippen LogP contribution >= 0.6 is 0 Å². The summed E-state index contributed by atoms with van der Waals surface area (Å²) in [6.07, 6.45) is 2.04. The summed E-state index contributed by atoms with van der Waals surface area (Å²) in [6.45, 7) is 3.48. The number of carboxylic acids is 1. The Kier molecular flexibility index (Phi) is 3.64. The van der Waals surface area contributed by atoms with Crippen molar-refractivity contribution in [1.29, 1.82) is 0 Å². The third-order valence-corrected chi connectivity index (χ3v) is 3.10. The van der Waals surface area contributed by atoms with Crippen molar-refractivity contribution in [2.24, 2.45) is 0 Å². The maximum absolute atomic E-state index is 13.2. The Morgan fingerprint density at radius 2 is 2.26 bits per heavy atom. The van der Waals surface area contributed by atoms with E-state index in [1.54, 1.807) is 32.2 Å². The van der Waals surface area contributed by atoms with Crippen molar-refractivity contribution in [3.05, 3.63) is 41.6 Å². The molecule has 5 heteroatoms. The summed E-state index contributed by atoms with van der Waals surface area (Å²) >= 11 is 0. The lowest BCUT2D eigenvalue weighted by molar-refractivity contribution is -0.139. The van der Waals surface area contributed by atoms with Crippen molar-refractivity contribution in [2.75, 3.05) is 0 Å². The van der Waals surface area contributed by atoms with Gasteiger partial charge in [-0.05, 0) is 37.1 Å². The highest BCUT2D eigenvalue weighted by molar-refractivity contribution is 5.75. The lowest BCUT2D eigenvalue weighted by Gasteiger charge is -2.05. The number of nitrogens with zero attached hydrogens (tertiary/aromatic N) is 1. The minimum absolute atomic E-state index is 0.263. The molecule has 0 fully saturated rings. The molecule has 100 valence electrons. The molecule has 1 aromatic carbocycles. The maximum atomic E-state index is 13.2. The number of aryl methyl sites for hydroxylation is 1. The molecule has 1 heterocycles. The predicted octanol–water partition coefficient (Wildman–Crippen LogP) is 3.10. The van der Waals surface area contributed by atoms with Crippen LogP contribution in [0.15, 0.2) is 24.4 Å². The second-order valence-electron chi connectivity index (χ2n) is 4.45. The average Bonchev–Trinajstić information content (AvgIpc) is 2.82. The van der Waals surface area contributed by atoms with Gasteiger partial charge in [-0.2, -0.15) is 0 Å². The normalized spacial score (nSPS) is 12.4. The van der Waals surface area contributed by atoms with Gasteiger partial charge in [0.05, 0.1) is 11.9 Å². The van der Waals surface area contributed by atoms with Crippen molar-refractivity contribution in [3.63, 3.8) is 0 Å². The molecule has 1 unspecified atom stereocenters. The van der Waals surface area contributed by atoms with Crippen LogP contribution in [0.1, 0.15) is 30.7 Å². The largest absolute Gasteiger partial charge is 0.481 e. The number of nitrogens with one attached hydrogen (secondary N) is 1. The molecule has 1 atom stereocenters. The van der Waals surface area contributed by atoms with Gasteiger partial charge < -0.3 is 10.1 Å². The van der Waals surface area contributed by atoms with E-state index >= 15 is 0 Å². The number of aromatic amines is 1. The van der Waals surface area contributed by atoms with Crippen LogP contribution in [0.4, 0.5) is 4.39 Å². The van der Waals surface area contributed by atoms with Crippen LogP contribution in [0.3, 0.4) is 0 Å². The Bertz CT molecular complexity index is 607. The molecule has 0 spiro atoms. The van der Waals surface area contributed by atoms with E-state index in [4.69, 9.17) is 5.11 Å². The number of hydrogen-bond acceptors (Lipinski definition) is 2. The SMILES string of the molecule is CCC(C(=O)O)c1ncc(-c2ccc(F)c(C)c2)[nH]1. The Hall–Kier alpha value is -2.17. The zero-order chi connectivity index (χ0) is 14.0. The van der Waals surface area contributed by atoms with E-state index in [-0.39, 0.29) is 5.82 Å². The van der Waals surface area contributed by atoms with E-state index in [0.717, 1.165) is 5.56 Å². The van der Waals surface area contributed by atoms with Crippen LogP contribution in [-0.4, -0.2) is 21.0 Å². The van der Waals surface area contributed by atoms with Gasteiger partial charge in [-0.25, -0.2) is 9.37 Å². The minimum atomic E-state index is -0.904. The molecule has 0 amide bonds. The highest BCUT2D eigenvalue weighted by atomic mass is 19.1. The number of carboxylic acid groups (broad SMARTS) is 1. The highest BCUT2D eigenvalue weighted by Gasteiger charge is 2.21. The van der Waals surface area contributed by atoms with Gasteiger partial charge in [0.15, 0.2) is 0 Å². The minimum Gasteiger partial charge on any atom is -0.481 e. The van der Waals surface area contributed by atoms with E-state index in [0.29, 0.717) is 23.5 Å². The Morgan fingerprint density at radius 1 is 1.53 bits per heavy atom. The number of carbonyl (C=O) groups is 1. The van der Waals surface area contributed by atoms with E-state index in [1.165, 1.54) is 6.07 Å². The first kappa shape index (κ1) is 13.3. The van der Waals surface area contributed by atoms with E-state index in [2.05, 4.69) is 9.97 Å². The second-order valence-corrected chi connectivity index (χ2v) is 4.45. The van der Waals surface area contributed by atoms with Crippen LogP contribution < -0.4 is 0 Å². The van der Waals surface area contributed by atoms with Gasteiger partial charge in [0, 0.05) is 5.56 Å². The molecule has 0 radical (unpaired) electrons. The molecule has 0 aliphatic rings. The Labute approximate surface area is 110 Å². The van der Waals surface area contributed by atoms with Gasteiger partial charge in [0.1, 0.15) is 17.6 Å². The lowest BCUT2D eigenvalue weighted by atomic mass is 10.1. The van der Waals surface area contributed by atoms with Crippen LogP contribution in [0.2, 0.25) is 0 Å². The molecule has 2 rings (SSSR count). The molecule has 0 saturated heterocycles. The van der Waals surface area contributed by atoms with Crippen LogP contribution in [0.25, 0.3) is 11.3 Å². The number of aliphatic carboxylic acids is 1. The first-order valence-electron chi connectivity index (χ1n) is 6.07. The molecular formula is C14H15FN2O2. The summed E-state index contributed by atoms with van der Waals surface area (Å²) < 4.78 is 13.2. The molecule has 0 aliphatic carbocycles. The maximum Gasteiger partial charge on any atom is 0.314 e. The van der Waals surface area contributed by atoms with Crippen LogP contribution in [0.5, 0.6) is 0 Å². The standard InChI is InChI=1S/C14H15FN2O2/c1-3-10(14(18)19)13-16-7-12(17-13)9-4-5-11(15)8(2)6-9/h4-7,10H,3H2,1-2H3,(H,16,17)(H,18,19). The number of benzene rings is 1. The van der Waals surface area contributed by atoms with E-state index < -0.39 is 11.9 Å². The van der Waals surface area contributed by atoms with Gasteiger partial charge in [0.25, 0.3) is 0 Å². The summed E-state index contributed by atoms with van der Waals surface area (Å²) in [6, 6.07) is 4.73. The Balaban J connectivity index is 2.35. The van der Waals surface area contributed by atoms with Crippen molar-refractivity contribution in [2.45, 2.75) is 26.2 Å². The molecule has 1 aromatic heterocycles. The zero-order valence-corrected chi connectivity index (χ0v) is 10.8. The van der Waals surface area contributed by atoms with Gasteiger partial charge >= 0.3 is 5.97 Å². The molecule has 2 N–H and O–H groups in total. The van der Waals surface area contributed by atoms with Gasteiger partial charge in [-0.15, -0.1) is 0 Å². The molecule has 4 nitrogen and oxygen atoms in total. The second kappa shape index (κ2) is 5.22. The number of imidazole rings is 1. The van der Waals surface area contributed by atoms with Crippen molar-refractivity contribution in [3.8, 4) is 11.3 Å². The molecule has 2 aromatic rings. The first-order valence-corrected chi connectivity index (χ1v) is 6.07. The summed E-state index contributed by atoms with van der Waals surface area (Å²) in [5, 5.41) is 9.08. The topological polar surface area (TPSA) is 66.0 Å². The van der Waals surface area contributed by atoms with Gasteiger partial charge in [-0.3, -0.25) is 4.79 Å². The third kappa shape index (κ3) is 2.65. The number of H-pyrrole nitrogens is 1. The van der Waals surface area contributed by atoms with Crippen molar-refractivity contribution >= 4 is 5.97 Å². The van der Waals surface area contributed by atoms with Crippen molar-refractivity contribution in [1.82, 2.24) is 9.97 Å². The average molecular weight is 262 g/mol. The predicted molar refractivity (Wildman–Crippen MR) is 69.4 cm³/mol. The monoisotopic (exact) mass is 262 g/mol. The number of hydrogen-bond donors (Lipinski definition) is 2. The summed E-state index contributed by atoms with van der Waals surface area (Å²) in [4.78, 5) is 18.2. The number of aromatic nitrogens is 2. The third-order valence-electron chi connectivity index (χ3n) is 3.10. The highest BCUT2D eigenvalue weighted by Crippen LogP contribution is 2.23. The molecule has 0 aliphatic heterocycles. The summed E-state index contributed by atoms with van der Waals surface area (Å²) in [7, 11) is 0. The molecule has 19 heavy (non-hydrogen) atoms. The fourth-order valence-electron chi connectivity index (χ4n) is 1.96. The summed E-state index contributed by atoms with van der Waals surface area (Å²) in [5.41, 5.74) is 2.02. The smallest absolute Gasteiger partial charge is 0.314 e. The fourth-order valence-corrected chi connectivity index (χ4v) is 1.96. The zero-order valence-electron chi connectivity index (χ0n) is 10.8. The van der Waals surface area contributed by atoms with Crippen LogP contribution in [-0.2, 0) is 4.79 Å². The number of halogens is 1. The Morgan fingerprint density at radius 3 is 2.84 bits per heavy atom. The fraction of sp³-hybridized carbons (Fsp3) is 0.286. The van der Waals surface area contributed by atoms with E-state index in [9.17, 15) is 9.18 Å². The number of rotatable bonds is 4. The first-order chi connectivity index (χ1) is 9.02.